The lowest BCUT2D eigenvalue weighted by Gasteiger charge is -2.23. The minimum absolute atomic E-state index is 0.234. The van der Waals surface area contributed by atoms with Crippen LogP contribution in [0.2, 0.25) is 0 Å². The Bertz CT molecular complexity index is 743. The molecule has 0 amide bonds. The summed E-state index contributed by atoms with van der Waals surface area (Å²) in [6, 6.07) is 7.01. The summed E-state index contributed by atoms with van der Waals surface area (Å²) < 4.78 is 37.5. The number of anilines is 1. The molecule has 0 spiro atoms. The number of rotatable bonds is 2. The fourth-order valence-corrected chi connectivity index (χ4v) is 2.82. The molecule has 8 heteroatoms. The van der Waals surface area contributed by atoms with Crippen LogP contribution in [0.3, 0.4) is 0 Å². The summed E-state index contributed by atoms with van der Waals surface area (Å²) in [5.74, 6) is 0.419. The molecular formula is C15H17F3N4O. The summed E-state index contributed by atoms with van der Waals surface area (Å²) in [6.07, 6.45) is -3.60. The van der Waals surface area contributed by atoms with E-state index in [1.807, 2.05) is 4.90 Å². The van der Waals surface area contributed by atoms with Crippen LogP contribution in [0.25, 0.3) is 10.9 Å². The topological polar surface area (TPSA) is 52.2 Å². The Balaban J connectivity index is 1.79. The van der Waals surface area contributed by atoms with Crippen LogP contribution in [0, 0.1) is 0 Å². The SMILES string of the molecule is O=c1[nH]c(N2CCCN(CC(F)(F)F)CC2)nc2ccccc12. The maximum absolute atomic E-state index is 12.5. The third kappa shape index (κ3) is 3.82. The monoisotopic (exact) mass is 326 g/mol. The van der Waals surface area contributed by atoms with Crippen molar-refractivity contribution in [3.63, 3.8) is 0 Å². The van der Waals surface area contributed by atoms with Gasteiger partial charge in [0.1, 0.15) is 0 Å². The van der Waals surface area contributed by atoms with Gasteiger partial charge in [-0.2, -0.15) is 13.2 Å². The van der Waals surface area contributed by atoms with Crippen molar-refractivity contribution in [1.82, 2.24) is 14.9 Å². The fraction of sp³-hybridized carbons (Fsp3) is 0.467. The molecular weight excluding hydrogens is 309 g/mol. The molecule has 3 rings (SSSR count). The lowest BCUT2D eigenvalue weighted by atomic mass is 10.2. The van der Waals surface area contributed by atoms with Crippen molar-refractivity contribution in [2.75, 3.05) is 37.6 Å². The third-order valence-corrected chi connectivity index (χ3v) is 3.89. The summed E-state index contributed by atoms with van der Waals surface area (Å²) in [6.45, 7) is 0.735. The van der Waals surface area contributed by atoms with Crippen molar-refractivity contribution >= 4 is 16.9 Å². The first-order valence-electron chi connectivity index (χ1n) is 7.45. The van der Waals surface area contributed by atoms with Gasteiger partial charge in [0.15, 0.2) is 0 Å². The molecule has 2 aromatic rings. The second-order valence-corrected chi connectivity index (χ2v) is 5.64. The molecule has 1 aliphatic rings. The smallest absolute Gasteiger partial charge is 0.341 e. The number of para-hydroxylation sites is 1. The van der Waals surface area contributed by atoms with E-state index in [9.17, 15) is 18.0 Å². The van der Waals surface area contributed by atoms with Crippen molar-refractivity contribution in [2.45, 2.75) is 12.6 Å². The zero-order chi connectivity index (χ0) is 16.4. The van der Waals surface area contributed by atoms with Gasteiger partial charge in [0.25, 0.3) is 5.56 Å². The number of hydrogen-bond donors (Lipinski definition) is 1. The Morgan fingerprint density at radius 1 is 1.13 bits per heavy atom. The second-order valence-electron chi connectivity index (χ2n) is 5.64. The molecule has 1 fully saturated rings. The summed E-state index contributed by atoms with van der Waals surface area (Å²) in [5.41, 5.74) is 0.352. The Kier molecular flexibility index (Phi) is 4.25. The number of benzene rings is 1. The summed E-state index contributed by atoms with van der Waals surface area (Å²) in [4.78, 5) is 22.5. The number of aromatic amines is 1. The molecule has 0 unspecified atom stereocenters. The van der Waals surface area contributed by atoms with Crippen molar-refractivity contribution in [3.8, 4) is 0 Å². The Labute approximate surface area is 130 Å². The predicted octanol–water partition coefficient (Wildman–Crippen LogP) is 2.00. The molecule has 5 nitrogen and oxygen atoms in total. The minimum Gasteiger partial charge on any atom is -0.341 e. The average molecular weight is 326 g/mol. The highest BCUT2D eigenvalue weighted by molar-refractivity contribution is 5.78. The van der Waals surface area contributed by atoms with Crippen LogP contribution < -0.4 is 10.5 Å². The zero-order valence-corrected chi connectivity index (χ0v) is 12.4. The molecule has 0 saturated carbocycles. The van der Waals surface area contributed by atoms with Crippen molar-refractivity contribution < 1.29 is 13.2 Å². The standard InChI is InChI=1S/C15H17F3N4O/c16-15(17,18)10-21-6-3-7-22(9-8-21)14-19-12-5-2-1-4-11(12)13(23)20-14/h1-2,4-5H,3,6-10H2,(H,19,20,23). The molecule has 1 aromatic carbocycles. The van der Waals surface area contributed by atoms with E-state index in [2.05, 4.69) is 9.97 Å². The number of aromatic nitrogens is 2. The molecule has 23 heavy (non-hydrogen) atoms. The molecule has 0 aliphatic carbocycles. The first-order chi connectivity index (χ1) is 10.9. The predicted molar refractivity (Wildman–Crippen MR) is 81.7 cm³/mol. The Morgan fingerprint density at radius 2 is 1.91 bits per heavy atom. The van der Waals surface area contributed by atoms with E-state index in [-0.39, 0.29) is 12.1 Å². The quantitative estimate of drug-likeness (QED) is 0.917. The van der Waals surface area contributed by atoms with Crippen LogP contribution in [0.4, 0.5) is 19.1 Å². The van der Waals surface area contributed by atoms with Gasteiger partial charge in [0.05, 0.1) is 17.4 Å². The van der Waals surface area contributed by atoms with E-state index in [1.54, 1.807) is 24.3 Å². The minimum atomic E-state index is -4.19. The van der Waals surface area contributed by atoms with E-state index in [0.29, 0.717) is 42.9 Å². The highest BCUT2D eigenvalue weighted by atomic mass is 19.4. The highest BCUT2D eigenvalue weighted by Crippen LogP contribution is 2.19. The average Bonchev–Trinajstić information content (AvgIpc) is 2.71. The first kappa shape index (κ1) is 15.8. The van der Waals surface area contributed by atoms with Gasteiger partial charge in [-0.15, -0.1) is 0 Å². The highest BCUT2D eigenvalue weighted by Gasteiger charge is 2.31. The maximum Gasteiger partial charge on any atom is 0.401 e. The molecule has 2 heterocycles. The number of alkyl halides is 3. The van der Waals surface area contributed by atoms with Crippen molar-refractivity contribution in [2.24, 2.45) is 0 Å². The Hall–Kier alpha value is -2.09. The molecule has 0 radical (unpaired) electrons. The number of halogens is 3. The Morgan fingerprint density at radius 3 is 2.70 bits per heavy atom. The van der Waals surface area contributed by atoms with E-state index in [0.717, 1.165) is 0 Å². The molecule has 1 N–H and O–H groups in total. The van der Waals surface area contributed by atoms with Gasteiger partial charge in [-0.25, -0.2) is 4.98 Å². The summed E-state index contributed by atoms with van der Waals surface area (Å²) in [5, 5.41) is 0.504. The van der Waals surface area contributed by atoms with E-state index in [4.69, 9.17) is 0 Å². The van der Waals surface area contributed by atoms with Crippen LogP contribution in [-0.2, 0) is 0 Å². The van der Waals surface area contributed by atoms with Crippen molar-refractivity contribution in [3.05, 3.63) is 34.6 Å². The van der Waals surface area contributed by atoms with E-state index in [1.165, 1.54) is 4.90 Å². The van der Waals surface area contributed by atoms with Crippen LogP contribution in [0.1, 0.15) is 6.42 Å². The van der Waals surface area contributed by atoms with Gasteiger partial charge < -0.3 is 4.90 Å². The zero-order valence-electron chi connectivity index (χ0n) is 12.4. The summed E-state index contributed by atoms with van der Waals surface area (Å²) in [7, 11) is 0. The van der Waals surface area contributed by atoms with Crippen LogP contribution in [0.15, 0.2) is 29.1 Å². The van der Waals surface area contributed by atoms with Crippen LogP contribution in [-0.4, -0.2) is 53.8 Å². The van der Waals surface area contributed by atoms with Gasteiger partial charge in [-0.3, -0.25) is 14.7 Å². The summed E-state index contributed by atoms with van der Waals surface area (Å²) >= 11 is 0. The molecule has 1 aliphatic heterocycles. The number of fused-ring (bicyclic) bond motifs is 1. The normalized spacial score (nSPS) is 17.4. The molecule has 0 atom stereocenters. The van der Waals surface area contributed by atoms with Crippen LogP contribution >= 0.6 is 0 Å². The maximum atomic E-state index is 12.5. The third-order valence-electron chi connectivity index (χ3n) is 3.89. The van der Waals surface area contributed by atoms with Gasteiger partial charge >= 0.3 is 6.18 Å². The van der Waals surface area contributed by atoms with Gasteiger partial charge in [0, 0.05) is 26.2 Å². The first-order valence-corrected chi connectivity index (χ1v) is 7.45. The molecule has 124 valence electrons. The van der Waals surface area contributed by atoms with E-state index >= 15 is 0 Å². The van der Waals surface area contributed by atoms with Crippen LogP contribution in [0.5, 0.6) is 0 Å². The lowest BCUT2D eigenvalue weighted by molar-refractivity contribution is -0.145. The largest absolute Gasteiger partial charge is 0.401 e. The number of hydrogen-bond acceptors (Lipinski definition) is 4. The second kappa shape index (κ2) is 6.19. The van der Waals surface area contributed by atoms with Crippen molar-refractivity contribution in [1.29, 1.82) is 0 Å². The number of nitrogens with one attached hydrogen (secondary N) is 1. The van der Waals surface area contributed by atoms with E-state index < -0.39 is 12.7 Å². The molecule has 1 aromatic heterocycles. The molecule has 0 bridgehead atoms. The van der Waals surface area contributed by atoms with Gasteiger partial charge in [-0.05, 0) is 18.6 Å². The van der Waals surface area contributed by atoms with Gasteiger partial charge in [0.2, 0.25) is 5.95 Å². The number of H-pyrrole nitrogens is 1. The lowest BCUT2D eigenvalue weighted by Crippen LogP contribution is -2.37. The fourth-order valence-electron chi connectivity index (χ4n) is 2.82. The van der Waals surface area contributed by atoms with Gasteiger partial charge in [-0.1, -0.05) is 12.1 Å². The molecule has 1 saturated heterocycles. The number of nitrogens with zero attached hydrogens (tertiary/aromatic N) is 3.